The number of methoxy groups -OCH3 is 1. The molecule has 2 aromatic carbocycles. The van der Waals surface area contributed by atoms with E-state index in [0.717, 1.165) is 16.7 Å². The lowest BCUT2D eigenvalue weighted by atomic mass is 10.1. The molecule has 0 aliphatic rings. The second-order valence-corrected chi connectivity index (χ2v) is 7.43. The van der Waals surface area contributed by atoms with E-state index in [1.807, 2.05) is 31.2 Å². The number of ether oxygens (including phenoxy) is 1. The molecule has 26 heavy (non-hydrogen) atoms. The summed E-state index contributed by atoms with van der Waals surface area (Å²) in [6.45, 7) is 2.67. The van der Waals surface area contributed by atoms with Crippen molar-refractivity contribution in [3.05, 3.63) is 65.2 Å². The summed E-state index contributed by atoms with van der Waals surface area (Å²) in [5.41, 5.74) is 2.77. The summed E-state index contributed by atoms with van der Waals surface area (Å²) in [4.78, 5) is 12.2. The third-order valence-electron chi connectivity index (χ3n) is 3.91. The maximum absolute atomic E-state index is 12.1. The molecule has 8 heteroatoms. The van der Waals surface area contributed by atoms with E-state index in [0.29, 0.717) is 13.2 Å². The van der Waals surface area contributed by atoms with E-state index in [9.17, 15) is 13.2 Å². The van der Waals surface area contributed by atoms with Crippen LogP contribution in [0.2, 0.25) is 0 Å². The zero-order valence-corrected chi connectivity index (χ0v) is 15.5. The Balaban J connectivity index is 1.93. The maximum atomic E-state index is 12.1. The van der Waals surface area contributed by atoms with Gasteiger partial charge in [0.25, 0.3) is 0 Å². The van der Waals surface area contributed by atoms with E-state index >= 15 is 0 Å². The van der Waals surface area contributed by atoms with Crippen LogP contribution in [-0.2, 0) is 27.9 Å². The Bertz CT molecular complexity index is 851. The van der Waals surface area contributed by atoms with Gasteiger partial charge in [-0.15, -0.1) is 0 Å². The van der Waals surface area contributed by atoms with Crippen LogP contribution in [0.15, 0.2) is 53.4 Å². The Morgan fingerprint density at radius 3 is 2.31 bits per heavy atom. The predicted octanol–water partition coefficient (Wildman–Crippen LogP) is 2.04. The molecular formula is C18H23N3O4S. The number of primary sulfonamides is 1. The lowest BCUT2D eigenvalue weighted by molar-refractivity contribution is 0.184. The molecule has 2 rings (SSSR count). The molecule has 0 saturated heterocycles. The number of hydrogen-bond donors (Lipinski definition) is 3. The highest BCUT2D eigenvalue weighted by Crippen LogP contribution is 2.15. The fourth-order valence-corrected chi connectivity index (χ4v) is 2.99. The molecule has 1 unspecified atom stereocenters. The molecule has 0 aliphatic heterocycles. The lowest BCUT2D eigenvalue weighted by Crippen LogP contribution is -2.36. The second kappa shape index (κ2) is 8.79. The molecule has 7 nitrogen and oxygen atoms in total. The van der Waals surface area contributed by atoms with Gasteiger partial charge >= 0.3 is 6.03 Å². The van der Waals surface area contributed by atoms with Crippen molar-refractivity contribution in [1.29, 1.82) is 0 Å². The molecule has 0 aromatic heterocycles. The van der Waals surface area contributed by atoms with Crippen LogP contribution in [-0.4, -0.2) is 21.6 Å². The first-order chi connectivity index (χ1) is 12.3. The van der Waals surface area contributed by atoms with Gasteiger partial charge in [-0.25, -0.2) is 18.4 Å². The zero-order chi connectivity index (χ0) is 19.2. The van der Waals surface area contributed by atoms with Crippen molar-refractivity contribution in [2.45, 2.75) is 31.0 Å². The molecule has 0 fully saturated rings. The summed E-state index contributed by atoms with van der Waals surface area (Å²) >= 11 is 0. The summed E-state index contributed by atoms with van der Waals surface area (Å²) in [7, 11) is -2.10. The molecule has 0 aliphatic carbocycles. The highest BCUT2D eigenvalue weighted by Gasteiger charge is 2.12. The Kier molecular flexibility index (Phi) is 6.73. The summed E-state index contributed by atoms with van der Waals surface area (Å²) in [5, 5.41) is 10.7. The Labute approximate surface area is 153 Å². The van der Waals surface area contributed by atoms with E-state index in [1.165, 1.54) is 12.1 Å². The zero-order valence-electron chi connectivity index (χ0n) is 14.7. The van der Waals surface area contributed by atoms with Gasteiger partial charge in [-0.1, -0.05) is 36.4 Å². The average Bonchev–Trinajstić information content (AvgIpc) is 2.60. The number of sulfonamides is 1. The minimum atomic E-state index is -3.73. The van der Waals surface area contributed by atoms with Crippen LogP contribution in [0.25, 0.3) is 0 Å². The van der Waals surface area contributed by atoms with E-state index < -0.39 is 10.0 Å². The molecule has 1 atom stereocenters. The van der Waals surface area contributed by atoms with Crippen molar-refractivity contribution < 1.29 is 17.9 Å². The van der Waals surface area contributed by atoms with Crippen LogP contribution in [0.1, 0.15) is 29.7 Å². The van der Waals surface area contributed by atoms with Crippen LogP contribution >= 0.6 is 0 Å². The first kappa shape index (κ1) is 19.9. The first-order valence-corrected chi connectivity index (χ1v) is 9.58. The molecule has 0 radical (unpaired) electrons. The smallest absolute Gasteiger partial charge is 0.315 e. The quantitative estimate of drug-likeness (QED) is 0.686. The third kappa shape index (κ3) is 5.55. The van der Waals surface area contributed by atoms with Crippen molar-refractivity contribution >= 4 is 16.1 Å². The Hall–Kier alpha value is -2.42. The predicted molar refractivity (Wildman–Crippen MR) is 98.8 cm³/mol. The monoisotopic (exact) mass is 377 g/mol. The largest absolute Gasteiger partial charge is 0.380 e. The molecule has 2 amide bonds. The number of carbonyl (C=O) groups excluding carboxylic acids is 1. The van der Waals surface area contributed by atoms with Gasteiger partial charge in [-0.3, -0.25) is 0 Å². The first-order valence-electron chi connectivity index (χ1n) is 8.04. The van der Waals surface area contributed by atoms with Gasteiger partial charge in [0.1, 0.15) is 0 Å². The van der Waals surface area contributed by atoms with Crippen LogP contribution in [0.3, 0.4) is 0 Å². The van der Waals surface area contributed by atoms with Crippen LogP contribution in [0.5, 0.6) is 0 Å². The summed E-state index contributed by atoms with van der Waals surface area (Å²) in [6, 6.07) is 13.2. The molecular weight excluding hydrogens is 354 g/mol. The Morgan fingerprint density at radius 1 is 1.12 bits per heavy atom. The van der Waals surface area contributed by atoms with Crippen molar-refractivity contribution in [2.75, 3.05) is 7.11 Å². The molecule has 140 valence electrons. The van der Waals surface area contributed by atoms with Crippen LogP contribution in [0, 0.1) is 0 Å². The summed E-state index contributed by atoms with van der Waals surface area (Å²) in [5.74, 6) is 0. The van der Waals surface area contributed by atoms with E-state index in [2.05, 4.69) is 10.6 Å². The SMILES string of the molecule is COCc1ccccc1CNC(=O)NC(C)c1ccc(S(N)(=O)=O)cc1. The van der Waals surface area contributed by atoms with Gasteiger partial charge < -0.3 is 15.4 Å². The van der Waals surface area contributed by atoms with Crippen molar-refractivity contribution in [2.24, 2.45) is 5.14 Å². The molecule has 2 aromatic rings. The van der Waals surface area contributed by atoms with E-state index in [4.69, 9.17) is 9.88 Å². The number of carbonyl (C=O) groups is 1. The number of hydrogen-bond acceptors (Lipinski definition) is 4. The maximum Gasteiger partial charge on any atom is 0.315 e. The van der Waals surface area contributed by atoms with Crippen molar-refractivity contribution in [3.63, 3.8) is 0 Å². The molecule has 0 saturated carbocycles. The normalized spacial score (nSPS) is 12.4. The van der Waals surface area contributed by atoms with Gasteiger partial charge in [0, 0.05) is 13.7 Å². The van der Waals surface area contributed by atoms with Crippen molar-refractivity contribution in [3.8, 4) is 0 Å². The van der Waals surface area contributed by atoms with Gasteiger partial charge in [-0.2, -0.15) is 0 Å². The minimum Gasteiger partial charge on any atom is -0.380 e. The summed E-state index contributed by atoms with van der Waals surface area (Å²) in [6.07, 6.45) is 0. The van der Waals surface area contributed by atoms with Gasteiger partial charge in [0.05, 0.1) is 17.5 Å². The Morgan fingerprint density at radius 2 is 1.73 bits per heavy atom. The lowest BCUT2D eigenvalue weighted by Gasteiger charge is -2.16. The minimum absolute atomic E-state index is 0.0349. The molecule has 4 N–H and O–H groups in total. The molecule has 0 spiro atoms. The van der Waals surface area contributed by atoms with Crippen molar-refractivity contribution in [1.82, 2.24) is 10.6 Å². The fourth-order valence-electron chi connectivity index (χ4n) is 2.48. The number of benzene rings is 2. The van der Waals surface area contributed by atoms with Crippen LogP contribution in [0.4, 0.5) is 4.79 Å². The number of amides is 2. The average molecular weight is 377 g/mol. The molecule has 0 bridgehead atoms. The third-order valence-corrected chi connectivity index (χ3v) is 4.84. The van der Waals surface area contributed by atoms with E-state index in [1.54, 1.807) is 19.2 Å². The standard InChI is InChI=1S/C18H23N3O4S/c1-13(14-7-9-17(10-8-14)26(19,23)24)21-18(22)20-11-15-5-3-4-6-16(15)12-25-2/h3-10,13H,11-12H2,1-2H3,(H2,19,23,24)(H2,20,21,22). The van der Waals surface area contributed by atoms with E-state index in [-0.39, 0.29) is 17.0 Å². The number of nitrogens with two attached hydrogens (primary N) is 1. The number of rotatable bonds is 7. The second-order valence-electron chi connectivity index (χ2n) is 5.86. The van der Waals surface area contributed by atoms with Gasteiger partial charge in [0.15, 0.2) is 0 Å². The summed E-state index contributed by atoms with van der Waals surface area (Å²) < 4.78 is 27.7. The number of nitrogens with one attached hydrogen (secondary N) is 2. The highest BCUT2D eigenvalue weighted by molar-refractivity contribution is 7.89. The number of urea groups is 1. The topological polar surface area (TPSA) is 111 Å². The van der Waals surface area contributed by atoms with Gasteiger partial charge in [0.2, 0.25) is 10.0 Å². The molecule has 0 heterocycles. The van der Waals surface area contributed by atoms with Crippen LogP contribution < -0.4 is 15.8 Å². The fraction of sp³-hybridized carbons (Fsp3) is 0.278. The van der Waals surface area contributed by atoms with Gasteiger partial charge in [-0.05, 0) is 35.7 Å². The highest BCUT2D eigenvalue weighted by atomic mass is 32.2.